The highest BCUT2D eigenvalue weighted by molar-refractivity contribution is 5.32. The number of benzene rings is 1. The molecule has 0 atom stereocenters. The summed E-state index contributed by atoms with van der Waals surface area (Å²) in [7, 11) is 1.55. The molecule has 2 rings (SSSR count). The van der Waals surface area contributed by atoms with Crippen LogP contribution in [0.25, 0.3) is 0 Å². The molecule has 0 spiro atoms. The summed E-state index contributed by atoms with van der Waals surface area (Å²) < 4.78 is 1.13. The van der Waals surface area contributed by atoms with Crippen LogP contribution in [-0.4, -0.2) is 16.6 Å². The van der Waals surface area contributed by atoms with Gasteiger partial charge in [0.15, 0.2) is 0 Å². The fourth-order valence-electron chi connectivity index (χ4n) is 1.61. The van der Waals surface area contributed by atoms with E-state index in [1.165, 1.54) is 11.1 Å². The number of nitrogens with one attached hydrogen (secondary N) is 1. The molecule has 94 valence electrons. The minimum absolute atomic E-state index is 0.240. The molecule has 0 aliphatic heterocycles. The van der Waals surface area contributed by atoms with E-state index >= 15 is 0 Å². The first-order chi connectivity index (χ1) is 8.58. The Hall–Kier alpha value is -2.34. The lowest BCUT2D eigenvalue weighted by atomic mass is 10.2. The van der Waals surface area contributed by atoms with Crippen LogP contribution in [0, 0.1) is 0 Å². The molecule has 3 N–H and O–H groups in total. The van der Waals surface area contributed by atoms with Gasteiger partial charge in [0.05, 0.1) is 6.54 Å². The van der Waals surface area contributed by atoms with Crippen LogP contribution in [0.5, 0.6) is 0 Å². The molecule has 0 bridgehead atoms. The summed E-state index contributed by atoms with van der Waals surface area (Å²) in [6.45, 7) is 0.240. The van der Waals surface area contributed by atoms with Crippen LogP contribution < -0.4 is 22.1 Å². The number of H-pyrrole nitrogens is 1. The Kier molecular flexibility index (Phi) is 3.29. The van der Waals surface area contributed by atoms with Crippen molar-refractivity contribution >= 4 is 5.82 Å². The number of nitrogens with zero attached hydrogens (tertiary/aromatic N) is 2. The highest BCUT2D eigenvalue weighted by atomic mass is 16.2. The zero-order valence-corrected chi connectivity index (χ0v) is 9.96. The first kappa shape index (κ1) is 12.1. The molecule has 0 radical (unpaired) electrons. The second-order valence-corrected chi connectivity index (χ2v) is 3.98. The second kappa shape index (κ2) is 4.89. The molecule has 0 fully saturated rings. The van der Waals surface area contributed by atoms with Crippen molar-refractivity contribution in [2.45, 2.75) is 6.54 Å². The summed E-state index contributed by atoms with van der Waals surface area (Å²) in [6, 6.07) is 10.6. The van der Waals surface area contributed by atoms with Gasteiger partial charge in [0, 0.05) is 13.1 Å². The third-order valence-corrected chi connectivity index (χ3v) is 2.57. The number of hydrazine groups is 1. The summed E-state index contributed by atoms with van der Waals surface area (Å²) in [6.07, 6.45) is 0. The van der Waals surface area contributed by atoms with E-state index in [-0.39, 0.29) is 17.9 Å². The predicted octanol–water partition coefficient (Wildman–Crippen LogP) is -0.105. The highest BCUT2D eigenvalue weighted by Crippen LogP contribution is 2.00. The van der Waals surface area contributed by atoms with Gasteiger partial charge in [-0.2, -0.15) is 0 Å². The standard InChI is InChI=1S/C12H14N4O2/c1-15(13)10-7-11(17)16(12(18)14-10)8-9-5-3-2-4-6-9/h2-7H,8,13H2,1H3,(H,14,18). The van der Waals surface area contributed by atoms with E-state index in [0.717, 1.165) is 10.1 Å². The monoisotopic (exact) mass is 246 g/mol. The lowest BCUT2D eigenvalue weighted by Crippen LogP contribution is -2.38. The quantitative estimate of drug-likeness (QED) is 0.585. The Morgan fingerprint density at radius 3 is 2.50 bits per heavy atom. The van der Waals surface area contributed by atoms with E-state index in [9.17, 15) is 9.59 Å². The van der Waals surface area contributed by atoms with Gasteiger partial charge in [-0.3, -0.25) is 19.4 Å². The Morgan fingerprint density at radius 1 is 1.28 bits per heavy atom. The van der Waals surface area contributed by atoms with E-state index in [1.807, 2.05) is 30.3 Å². The molecule has 1 heterocycles. The minimum atomic E-state index is -0.473. The predicted molar refractivity (Wildman–Crippen MR) is 69.5 cm³/mol. The van der Waals surface area contributed by atoms with E-state index in [0.29, 0.717) is 0 Å². The van der Waals surface area contributed by atoms with Crippen molar-refractivity contribution in [1.82, 2.24) is 9.55 Å². The maximum atomic E-state index is 11.8. The SMILES string of the molecule is CN(N)c1cc(=O)n(Cc2ccccc2)c(=O)[nH]1. The van der Waals surface area contributed by atoms with Gasteiger partial charge in [-0.05, 0) is 5.56 Å². The molecular formula is C12H14N4O2. The van der Waals surface area contributed by atoms with E-state index < -0.39 is 5.69 Å². The van der Waals surface area contributed by atoms with E-state index in [2.05, 4.69) is 4.98 Å². The number of hydrogen-bond acceptors (Lipinski definition) is 4. The van der Waals surface area contributed by atoms with Crippen molar-refractivity contribution in [1.29, 1.82) is 0 Å². The molecule has 0 saturated heterocycles. The van der Waals surface area contributed by atoms with Crippen LogP contribution >= 0.6 is 0 Å². The average Bonchev–Trinajstić information content (AvgIpc) is 2.34. The Bertz CT molecular complexity index is 612. The Labute approximate surface area is 103 Å². The molecule has 0 amide bonds. The maximum absolute atomic E-state index is 11.8. The molecule has 0 aliphatic rings. The van der Waals surface area contributed by atoms with Crippen LogP contribution in [0.2, 0.25) is 0 Å². The molecule has 2 aromatic rings. The maximum Gasteiger partial charge on any atom is 0.330 e. The number of rotatable bonds is 3. The Balaban J connectivity index is 2.41. The smallest absolute Gasteiger partial charge is 0.299 e. The third-order valence-electron chi connectivity index (χ3n) is 2.57. The van der Waals surface area contributed by atoms with Gasteiger partial charge in [-0.1, -0.05) is 30.3 Å². The number of hydrogen-bond donors (Lipinski definition) is 2. The summed E-state index contributed by atoms with van der Waals surface area (Å²) in [5.41, 5.74) is 0.0347. The van der Waals surface area contributed by atoms with Crippen molar-refractivity contribution < 1.29 is 0 Å². The van der Waals surface area contributed by atoms with Gasteiger partial charge in [-0.25, -0.2) is 10.6 Å². The molecule has 0 saturated carbocycles. The topological polar surface area (TPSA) is 84.1 Å². The molecule has 18 heavy (non-hydrogen) atoms. The summed E-state index contributed by atoms with van der Waals surface area (Å²) in [4.78, 5) is 26.2. The normalized spacial score (nSPS) is 10.3. The fraction of sp³-hybridized carbons (Fsp3) is 0.167. The van der Waals surface area contributed by atoms with Gasteiger partial charge in [0.25, 0.3) is 5.56 Å². The van der Waals surface area contributed by atoms with Gasteiger partial charge in [-0.15, -0.1) is 0 Å². The lowest BCUT2D eigenvalue weighted by molar-refractivity contribution is 0.695. The van der Waals surface area contributed by atoms with Crippen LogP contribution in [0.3, 0.4) is 0 Å². The molecule has 0 unspecified atom stereocenters. The van der Waals surface area contributed by atoms with Crippen LogP contribution in [0.1, 0.15) is 5.56 Å². The zero-order chi connectivity index (χ0) is 13.1. The van der Waals surface area contributed by atoms with Gasteiger partial charge >= 0.3 is 5.69 Å². The third kappa shape index (κ3) is 2.49. The number of nitrogens with two attached hydrogens (primary N) is 1. The van der Waals surface area contributed by atoms with Crippen molar-refractivity contribution in [2.24, 2.45) is 5.84 Å². The zero-order valence-electron chi connectivity index (χ0n) is 9.96. The van der Waals surface area contributed by atoms with Crippen molar-refractivity contribution in [2.75, 3.05) is 12.1 Å². The molecule has 0 aliphatic carbocycles. The fourth-order valence-corrected chi connectivity index (χ4v) is 1.61. The van der Waals surface area contributed by atoms with Crippen LogP contribution in [-0.2, 0) is 6.54 Å². The van der Waals surface area contributed by atoms with Gasteiger partial charge < -0.3 is 0 Å². The summed E-state index contributed by atoms with van der Waals surface area (Å²) in [5.74, 6) is 5.76. The molecule has 6 heteroatoms. The van der Waals surface area contributed by atoms with Crippen LogP contribution in [0.4, 0.5) is 5.82 Å². The van der Waals surface area contributed by atoms with Crippen molar-refractivity contribution in [3.63, 3.8) is 0 Å². The second-order valence-electron chi connectivity index (χ2n) is 3.98. The number of anilines is 1. The largest absolute Gasteiger partial charge is 0.330 e. The molecular weight excluding hydrogens is 232 g/mol. The van der Waals surface area contributed by atoms with E-state index in [4.69, 9.17) is 5.84 Å². The number of aromatic nitrogens is 2. The molecule has 1 aromatic heterocycles. The lowest BCUT2D eigenvalue weighted by Gasteiger charge is -2.12. The molecule has 6 nitrogen and oxygen atoms in total. The minimum Gasteiger partial charge on any atom is -0.299 e. The van der Waals surface area contributed by atoms with Crippen molar-refractivity contribution in [3.05, 3.63) is 62.8 Å². The van der Waals surface area contributed by atoms with E-state index in [1.54, 1.807) is 7.05 Å². The first-order valence-corrected chi connectivity index (χ1v) is 5.44. The number of aromatic amines is 1. The average molecular weight is 246 g/mol. The van der Waals surface area contributed by atoms with Crippen LogP contribution in [0.15, 0.2) is 46.0 Å². The first-order valence-electron chi connectivity index (χ1n) is 5.44. The van der Waals surface area contributed by atoms with Gasteiger partial charge in [0.1, 0.15) is 5.82 Å². The summed E-state index contributed by atoms with van der Waals surface area (Å²) in [5, 5.41) is 1.19. The van der Waals surface area contributed by atoms with Crippen molar-refractivity contribution in [3.8, 4) is 0 Å². The molecule has 1 aromatic carbocycles. The highest BCUT2D eigenvalue weighted by Gasteiger charge is 2.06. The Morgan fingerprint density at radius 2 is 1.94 bits per heavy atom. The van der Waals surface area contributed by atoms with Gasteiger partial charge in [0.2, 0.25) is 0 Å². The summed E-state index contributed by atoms with van der Waals surface area (Å²) >= 11 is 0.